The van der Waals surface area contributed by atoms with E-state index in [0.717, 1.165) is 3.79 Å². The molecule has 0 unspecified atom stereocenters. The highest BCUT2D eigenvalue weighted by Gasteiger charge is 2.29. The molecule has 0 aromatic carbocycles. The van der Waals surface area contributed by atoms with E-state index in [1.165, 1.54) is 16.2 Å². The Bertz CT molecular complexity index is 671. The molecule has 2 rings (SSSR count). The number of hydrogen-bond acceptors (Lipinski definition) is 5. The molecule has 22 heavy (non-hydrogen) atoms. The summed E-state index contributed by atoms with van der Waals surface area (Å²) < 4.78 is 23.6. The molecule has 1 aliphatic heterocycles. The van der Waals surface area contributed by atoms with Crippen LogP contribution in [0.25, 0.3) is 0 Å². The summed E-state index contributed by atoms with van der Waals surface area (Å²) in [5, 5.41) is 2.69. The fourth-order valence-electron chi connectivity index (χ4n) is 2.27. The van der Waals surface area contributed by atoms with Gasteiger partial charge >= 0.3 is 0 Å². The van der Waals surface area contributed by atoms with E-state index in [2.05, 4.69) is 21.2 Å². The van der Waals surface area contributed by atoms with Gasteiger partial charge in [-0.3, -0.25) is 9.59 Å². The fourth-order valence-corrected chi connectivity index (χ4v) is 5.30. The zero-order chi connectivity index (χ0) is 16.3. The average molecular weight is 409 g/mol. The second-order valence-corrected chi connectivity index (χ2v) is 9.78. The zero-order valence-corrected chi connectivity index (χ0v) is 15.3. The molecule has 1 N–H and O–H groups in total. The quantitative estimate of drug-likeness (QED) is 0.794. The highest BCUT2D eigenvalue weighted by molar-refractivity contribution is 9.11. The molecule has 1 aliphatic rings. The lowest BCUT2D eigenvalue weighted by molar-refractivity contribution is -0.122. The third-order valence-corrected chi connectivity index (χ3v) is 6.76. The summed E-state index contributed by atoms with van der Waals surface area (Å²) in [5.74, 6) is -0.436. The molecule has 2 heterocycles. The van der Waals surface area contributed by atoms with Crippen molar-refractivity contribution < 1.29 is 18.0 Å². The highest BCUT2D eigenvalue weighted by atomic mass is 79.9. The van der Waals surface area contributed by atoms with Crippen LogP contribution in [-0.4, -0.2) is 55.8 Å². The molecular formula is C13H17BrN2O4S2. The van der Waals surface area contributed by atoms with Gasteiger partial charge in [-0.25, -0.2) is 8.42 Å². The number of nitrogens with one attached hydrogen (secondary N) is 1. The predicted octanol–water partition coefficient (Wildman–Crippen LogP) is 1.28. The fraction of sp³-hybridized carbons (Fsp3) is 0.538. The second kappa shape index (κ2) is 7.10. The topological polar surface area (TPSA) is 83.6 Å². The summed E-state index contributed by atoms with van der Waals surface area (Å²) in [4.78, 5) is 26.3. The van der Waals surface area contributed by atoms with Crippen LogP contribution in [0.3, 0.4) is 0 Å². The number of hydrogen-bond donors (Lipinski definition) is 1. The van der Waals surface area contributed by atoms with Gasteiger partial charge in [-0.2, -0.15) is 0 Å². The summed E-state index contributed by atoms with van der Waals surface area (Å²) in [6.07, 6.45) is 0.437. The SMILES string of the molecule is CCN(CC(=O)N[C@H]1CCS(=O)(=O)C1)C(=O)c1ccc(Br)s1. The van der Waals surface area contributed by atoms with Crippen LogP contribution in [-0.2, 0) is 14.6 Å². The van der Waals surface area contributed by atoms with Crippen LogP contribution >= 0.6 is 27.3 Å². The van der Waals surface area contributed by atoms with Crippen molar-refractivity contribution in [2.75, 3.05) is 24.6 Å². The first kappa shape index (κ1) is 17.4. The summed E-state index contributed by atoms with van der Waals surface area (Å²) in [5.41, 5.74) is 0. The molecule has 122 valence electrons. The van der Waals surface area contributed by atoms with Crippen molar-refractivity contribution in [2.24, 2.45) is 0 Å². The van der Waals surface area contributed by atoms with Gasteiger partial charge < -0.3 is 10.2 Å². The average Bonchev–Trinajstić information content (AvgIpc) is 3.01. The second-order valence-electron chi connectivity index (χ2n) is 5.09. The minimum atomic E-state index is -3.03. The first-order valence-electron chi connectivity index (χ1n) is 6.85. The monoisotopic (exact) mass is 408 g/mol. The first-order chi connectivity index (χ1) is 10.3. The molecule has 9 heteroatoms. The maximum atomic E-state index is 12.3. The maximum Gasteiger partial charge on any atom is 0.264 e. The van der Waals surface area contributed by atoms with Gasteiger partial charge in [0.05, 0.1) is 26.7 Å². The lowest BCUT2D eigenvalue weighted by atomic mass is 10.2. The number of carbonyl (C=O) groups is 2. The van der Waals surface area contributed by atoms with E-state index in [0.29, 0.717) is 17.8 Å². The molecule has 1 aromatic heterocycles. The molecular weight excluding hydrogens is 392 g/mol. The van der Waals surface area contributed by atoms with Gasteiger partial charge in [0, 0.05) is 12.6 Å². The molecule has 1 saturated heterocycles. The number of sulfone groups is 1. The van der Waals surface area contributed by atoms with Gasteiger partial charge in [-0.15, -0.1) is 11.3 Å². The standard InChI is InChI=1S/C13H17BrN2O4S2/c1-2-16(13(18)10-3-4-11(14)21-10)7-12(17)15-9-5-6-22(19,20)8-9/h3-4,9H,2,5-8H2,1H3,(H,15,17)/t9-/m0/s1. The number of thiophene rings is 1. The maximum absolute atomic E-state index is 12.3. The summed E-state index contributed by atoms with van der Waals surface area (Å²) in [7, 11) is -3.03. The molecule has 2 amide bonds. The van der Waals surface area contributed by atoms with Crippen LogP contribution in [0.5, 0.6) is 0 Å². The Balaban J connectivity index is 1.92. The van der Waals surface area contributed by atoms with Crippen LogP contribution in [0.4, 0.5) is 0 Å². The number of likely N-dealkylation sites (N-methyl/N-ethyl adjacent to an activating group) is 1. The van der Waals surface area contributed by atoms with Crippen molar-refractivity contribution in [1.82, 2.24) is 10.2 Å². The lowest BCUT2D eigenvalue weighted by Gasteiger charge is -2.20. The molecule has 0 bridgehead atoms. The van der Waals surface area contributed by atoms with Gasteiger partial charge in [0.1, 0.15) is 0 Å². The predicted molar refractivity (Wildman–Crippen MR) is 88.8 cm³/mol. The van der Waals surface area contributed by atoms with E-state index in [1.807, 2.05) is 0 Å². The van der Waals surface area contributed by atoms with Crippen molar-refractivity contribution in [1.29, 1.82) is 0 Å². The summed E-state index contributed by atoms with van der Waals surface area (Å²) >= 11 is 4.62. The molecule has 1 atom stereocenters. The van der Waals surface area contributed by atoms with Crippen LogP contribution in [0, 0.1) is 0 Å². The number of carbonyl (C=O) groups excluding carboxylic acids is 2. The van der Waals surface area contributed by atoms with E-state index in [1.54, 1.807) is 19.1 Å². The summed E-state index contributed by atoms with van der Waals surface area (Å²) in [6.45, 7) is 2.14. The Labute approximate surface area is 141 Å². The third kappa shape index (κ3) is 4.53. The minimum absolute atomic E-state index is 0.0172. The number of nitrogens with zero attached hydrogens (tertiary/aromatic N) is 1. The molecule has 0 saturated carbocycles. The van der Waals surface area contributed by atoms with Crippen molar-refractivity contribution in [3.8, 4) is 0 Å². The molecule has 0 radical (unpaired) electrons. The Kier molecular flexibility index (Phi) is 5.62. The van der Waals surface area contributed by atoms with E-state index >= 15 is 0 Å². The highest BCUT2D eigenvalue weighted by Crippen LogP contribution is 2.23. The van der Waals surface area contributed by atoms with Gasteiger partial charge in [0.2, 0.25) is 5.91 Å². The normalized spacial score (nSPS) is 19.8. The van der Waals surface area contributed by atoms with Crippen molar-refractivity contribution >= 4 is 48.9 Å². The van der Waals surface area contributed by atoms with Crippen molar-refractivity contribution in [3.63, 3.8) is 0 Å². The largest absolute Gasteiger partial charge is 0.351 e. The summed E-state index contributed by atoms with van der Waals surface area (Å²) in [6, 6.07) is 3.15. The Morgan fingerprint density at radius 1 is 1.45 bits per heavy atom. The third-order valence-electron chi connectivity index (χ3n) is 3.38. The van der Waals surface area contributed by atoms with E-state index in [-0.39, 0.29) is 35.9 Å². The van der Waals surface area contributed by atoms with Crippen molar-refractivity contribution in [3.05, 3.63) is 20.8 Å². The molecule has 1 fully saturated rings. The molecule has 0 spiro atoms. The van der Waals surface area contributed by atoms with E-state index in [4.69, 9.17) is 0 Å². The van der Waals surface area contributed by atoms with Crippen molar-refractivity contribution in [2.45, 2.75) is 19.4 Å². The smallest absolute Gasteiger partial charge is 0.264 e. The van der Waals surface area contributed by atoms with Gasteiger partial charge in [0.15, 0.2) is 9.84 Å². The van der Waals surface area contributed by atoms with Crippen LogP contribution in [0.1, 0.15) is 23.0 Å². The minimum Gasteiger partial charge on any atom is -0.351 e. The number of halogens is 1. The lowest BCUT2D eigenvalue weighted by Crippen LogP contribution is -2.44. The zero-order valence-electron chi connectivity index (χ0n) is 12.0. The first-order valence-corrected chi connectivity index (χ1v) is 10.3. The van der Waals surface area contributed by atoms with Crippen LogP contribution in [0.2, 0.25) is 0 Å². The number of amides is 2. The van der Waals surface area contributed by atoms with Gasteiger partial charge in [-0.1, -0.05) is 0 Å². The molecule has 6 nitrogen and oxygen atoms in total. The Morgan fingerprint density at radius 2 is 2.18 bits per heavy atom. The van der Waals surface area contributed by atoms with Crippen LogP contribution < -0.4 is 5.32 Å². The van der Waals surface area contributed by atoms with E-state index in [9.17, 15) is 18.0 Å². The van der Waals surface area contributed by atoms with E-state index < -0.39 is 9.84 Å². The molecule has 1 aromatic rings. The Hall–Kier alpha value is -0.930. The Morgan fingerprint density at radius 3 is 2.68 bits per heavy atom. The number of rotatable bonds is 5. The van der Waals surface area contributed by atoms with Crippen LogP contribution in [0.15, 0.2) is 15.9 Å². The molecule has 0 aliphatic carbocycles. The van der Waals surface area contributed by atoms with Gasteiger partial charge in [-0.05, 0) is 41.4 Å². The van der Waals surface area contributed by atoms with Gasteiger partial charge in [0.25, 0.3) is 5.91 Å².